The molecule has 0 radical (unpaired) electrons. The number of aromatic carboxylic acids is 1. The maximum Gasteiger partial charge on any atom is 0.337 e. The van der Waals surface area contributed by atoms with Crippen molar-refractivity contribution in [2.45, 2.75) is 26.3 Å². The third-order valence-corrected chi connectivity index (χ3v) is 3.00. The van der Waals surface area contributed by atoms with Gasteiger partial charge in [0.15, 0.2) is 0 Å². The molecule has 0 saturated heterocycles. The highest BCUT2D eigenvalue weighted by Gasteiger charge is 2.16. The monoisotopic (exact) mass is 284 g/mol. The number of carboxylic acids is 1. The van der Waals surface area contributed by atoms with Gasteiger partial charge in [-0.15, -0.1) is 0 Å². The van der Waals surface area contributed by atoms with Gasteiger partial charge in [0, 0.05) is 17.5 Å². The number of benzene rings is 1. The first-order valence-corrected chi connectivity index (χ1v) is 6.27. The molecule has 0 spiro atoms. The van der Waals surface area contributed by atoms with Crippen LogP contribution in [-0.2, 0) is 4.79 Å². The third kappa shape index (κ3) is 4.54. The van der Waals surface area contributed by atoms with E-state index in [4.69, 9.17) is 22.4 Å². The Kier molecular flexibility index (Phi) is 5.32. The van der Waals surface area contributed by atoms with Crippen molar-refractivity contribution in [3.05, 3.63) is 28.8 Å². The molecule has 0 bridgehead atoms. The number of rotatable bonds is 5. The van der Waals surface area contributed by atoms with Crippen molar-refractivity contribution < 1.29 is 14.7 Å². The lowest BCUT2D eigenvalue weighted by molar-refractivity contribution is -0.116. The van der Waals surface area contributed by atoms with E-state index in [0.717, 1.165) is 0 Å². The van der Waals surface area contributed by atoms with Gasteiger partial charge in [-0.1, -0.05) is 25.4 Å². The number of nitrogens with two attached hydrogens (primary N) is 1. The number of amides is 1. The number of hydrogen-bond donors (Lipinski definition) is 3. The van der Waals surface area contributed by atoms with Gasteiger partial charge >= 0.3 is 5.97 Å². The number of carbonyl (C=O) groups excluding carboxylic acids is 1. The zero-order chi connectivity index (χ0) is 14.6. The van der Waals surface area contributed by atoms with E-state index >= 15 is 0 Å². The Hall–Kier alpha value is -1.59. The maximum absolute atomic E-state index is 11.8. The molecule has 1 unspecified atom stereocenters. The second-order valence-electron chi connectivity index (χ2n) is 4.66. The molecule has 0 saturated carbocycles. The van der Waals surface area contributed by atoms with Crippen LogP contribution in [0.25, 0.3) is 0 Å². The summed E-state index contributed by atoms with van der Waals surface area (Å²) in [5.41, 5.74) is 5.97. The fraction of sp³-hybridized carbons (Fsp3) is 0.385. The zero-order valence-corrected chi connectivity index (χ0v) is 11.6. The van der Waals surface area contributed by atoms with Gasteiger partial charge in [0.2, 0.25) is 5.91 Å². The van der Waals surface area contributed by atoms with Gasteiger partial charge in [0.1, 0.15) is 0 Å². The highest BCUT2D eigenvalue weighted by molar-refractivity contribution is 6.31. The molecule has 1 atom stereocenters. The summed E-state index contributed by atoms with van der Waals surface area (Å²) in [6.45, 7) is 3.84. The molecule has 0 aliphatic heterocycles. The summed E-state index contributed by atoms with van der Waals surface area (Å²) < 4.78 is 0. The summed E-state index contributed by atoms with van der Waals surface area (Å²) in [5.74, 6) is -1.29. The summed E-state index contributed by atoms with van der Waals surface area (Å²) in [4.78, 5) is 22.8. The molecule has 0 aliphatic carbocycles. The molecule has 1 aromatic carbocycles. The Morgan fingerprint density at radius 1 is 1.42 bits per heavy atom. The molecule has 1 amide bonds. The first-order valence-electron chi connectivity index (χ1n) is 5.89. The van der Waals surface area contributed by atoms with Crippen molar-refractivity contribution in [2.24, 2.45) is 11.7 Å². The van der Waals surface area contributed by atoms with Crippen LogP contribution in [-0.4, -0.2) is 23.0 Å². The van der Waals surface area contributed by atoms with Crippen LogP contribution in [0.5, 0.6) is 0 Å². The van der Waals surface area contributed by atoms with Crippen LogP contribution in [0, 0.1) is 5.92 Å². The Balaban J connectivity index is 2.82. The van der Waals surface area contributed by atoms with Gasteiger partial charge in [-0.3, -0.25) is 4.79 Å². The average molecular weight is 285 g/mol. The largest absolute Gasteiger partial charge is 0.478 e. The summed E-state index contributed by atoms with van der Waals surface area (Å²) in [5, 5.41) is 11.9. The first-order chi connectivity index (χ1) is 8.81. The van der Waals surface area contributed by atoms with E-state index in [2.05, 4.69) is 5.32 Å². The quantitative estimate of drug-likeness (QED) is 0.774. The number of carbonyl (C=O) groups is 2. The molecule has 1 rings (SSSR count). The van der Waals surface area contributed by atoms with Crippen molar-refractivity contribution in [1.82, 2.24) is 0 Å². The van der Waals surface area contributed by atoms with Crippen LogP contribution >= 0.6 is 11.6 Å². The Labute approximate surface area is 116 Å². The van der Waals surface area contributed by atoms with E-state index in [0.29, 0.717) is 5.02 Å². The molecule has 0 aliphatic rings. The van der Waals surface area contributed by atoms with Crippen molar-refractivity contribution in [2.75, 3.05) is 5.32 Å². The van der Waals surface area contributed by atoms with Crippen LogP contribution in [0.15, 0.2) is 18.2 Å². The van der Waals surface area contributed by atoms with Gasteiger partial charge in [-0.05, 0) is 24.1 Å². The smallest absolute Gasteiger partial charge is 0.337 e. The Bertz CT molecular complexity index is 489. The van der Waals surface area contributed by atoms with Crippen LogP contribution in [0.3, 0.4) is 0 Å². The summed E-state index contributed by atoms with van der Waals surface area (Å²) in [6, 6.07) is 4.01. The van der Waals surface area contributed by atoms with Crippen molar-refractivity contribution in [3.8, 4) is 0 Å². The highest BCUT2D eigenvalue weighted by atomic mass is 35.5. The van der Waals surface area contributed by atoms with Crippen LogP contribution in [0.4, 0.5) is 5.69 Å². The number of anilines is 1. The molecule has 5 nitrogen and oxygen atoms in total. The summed E-state index contributed by atoms with van der Waals surface area (Å²) >= 11 is 5.73. The first kappa shape index (κ1) is 15.5. The van der Waals surface area contributed by atoms with Gasteiger partial charge in [-0.25, -0.2) is 4.79 Å². The predicted molar refractivity (Wildman–Crippen MR) is 74.5 cm³/mol. The lowest BCUT2D eigenvalue weighted by Crippen LogP contribution is -2.31. The topological polar surface area (TPSA) is 92.4 Å². The summed E-state index contributed by atoms with van der Waals surface area (Å²) in [6.07, 6.45) is 0.138. The Morgan fingerprint density at radius 2 is 2.05 bits per heavy atom. The van der Waals surface area contributed by atoms with E-state index in [1.807, 2.05) is 13.8 Å². The number of nitrogens with one attached hydrogen (secondary N) is 1. The SMILES string of the molecule is CC(C)C(N)CC(=O)Nc1ccc(Cl)cc1C(=O)O. The predicted octanol–water partition coefficient (Wildman–Crippen LogP) is 2.35. The van der Waals surface area contributed by atoms with E-state index in [-0.39, 0.29) is 35.5 Å². The van der Waals surface area contributed by atoms with Crippen LogP contribution < -0.4 is 11.1 Å². The molecule has 4 N–H and O–H groups in total. The van der Waals surface area contributed by atoms with Crippen LogP contribution in [0.2, 0.25) is 5.02 Å². The third-order valence-electron chi connectivity index (χ3n) is 2.76. The molecule has 0 heterocycles. The molecule has 104 valence electrons. The second kappa shape index (κ2) is 6.54. The van der Waals surface area contributed by atoms with Gasteiger partial charge in [-0.2, -0.15) is 0 Å². The van der Waals surface area contributed by atoms with Crippen molar-refractivity contribution in [3.63, 3.8) is 0 Å². The fourth-order valence-electron chi connectivity index (χ4n) is 1.45. The van der Waals surface area contributed by atoms with Gasteiger partial charge in [0.25, 0.3) is 0 Å². The molecule has 0 fully saturated rings. The van der Waals surface area contributed by atoms with E-state index in [1.54, 1.807) is 0 Å². The van der Waals surface area contributed by atoms with Crippen molar-refractivity contribution in [1.29, 1.82) is 0 Å². The standard InChI is InChI=1S/C13H17ClN2O3/c1-7(2)10(15)6-12(17)16-11-4-3-8(14)5-9(11)13(18)19/h3-5,7,10H,6,15H2,1-2H3,(H,16,17)(H,18,19). The normalized spacial score (nSPS) is 12.3. The second-order valence-corrected chi connectivity index (χ2v) is 5.09. The van der Waals surface area contributed by atoms with E-state index < -0.39 is 5.97 Å². The minimum absolute atomic E-state index is 0.0426. The summed E-state index contributed by atoms with van der Waals surface area (Å²) in [7, 11) is 0. The Morgan fingerprint density at radius 3 is 2.58 bits per heavy atom. The molecule has 1 aromatic rings. The highest BCUT2D eigenvalue weighted by Crippen LogP contribution is 2.21. The molecule has 19 heavy (non-hydrogen) atoms. The lowest BCUT2D eigenvalue weighted by Gasteiger charge is -2.15. The zero-order valence-electron chi connectivity index (χ0n) is 10.8. The molecule has 6 heteroatoms. The number of hydrogen-bond acceptors (Lipinski definition) is 3. The lowest BCUT2D eigenvalue weighted by atomic mass is 10.0. The van der Waals surface area contributed by atoms with E-state index in [1.165, 1.54) is 18.2 Å². The molecular weight excluding hydrogens is 268 g/mol. The molecule has 0 aromatic heterocycles. The van der Waals surface area contributed by atoms with Crippen LogP contribution in [0.1, 0.15) is 30.6 Å². The van der Waals surface area contributed by atoms with Gasteiger partial charge in [0.05, 0.1) is 11.3 Å². The number of carboxylic acid groups (broad SMARTS) is 1. The minimum atomic E-state index is -1.15. The van der Waals surface area contributed by atoms with Gasteiger partial charge < -0.3 is 16.2 Å². The minimum Gasteiger partial charge on any atom is -0.478 e. The molecular formula is C13H17ClN2O3. The maximum atomic E-state index is 11.8. The average Bonchev–Trinajstić information content (AvgIpc) is 2.30. The fourth-order valence-corrected chi connectivity index (χ4v) is 1.63. The van der Waals surface area contributed by atoms with E-state index in [9.17, 15) is 9.59 Å². The number of halogens is 1. The van der Waals surface area contributed by atoms with Crippen molar-refractivity contribution >= 4 is 29.2 Å².